The van der Waals surface area contributed by atoms with Crippen LogP contribution in [0.1, 0.15) is 29.7 Å². The van der Waals surface area contributed by atoms with E-state index in [1.807, 2.05) is 37.3 Å². The molecule has 7 heteroatoms. The minimum atomic E-state index is -1.42. The molecule has 0 aromatic heterocycles. The molecule has 2 aromatic rings. The highest BCUT2D eigenvalue weighted by Gasteiger charge is 2.43. The van der Waals surface area contributed by atoms with Crippen LogP contribution in [0.2, 0.25) is 5.02 Å². The van der Waals surface area contributed by atoms with Gasteiger partial charge in [0.2, 0.25) is 0 Å². The summed E-state index contributed by atoms with van der Waals surface area (Å²) in [7, 11) is 0. The van der Waals surface area contributed by atoms with Crippen molar-refractivity contribution < 1.29 is 29.9 Å². The maximum atomic E-state index is 10.3. The van der Waals surface area contributed by atoms with E-state index in [-0.39, 0.29) is 0 Å². The highest BCUT2D eigenvalue weighted by Crippen LogP contribution is 2.34. The van der Waals surface area contributed by atoms with E-state index in [1.165, 1.54) is 0 Å². The molecule has 0 spiro atoms. The van der Waals surface area contributed by atoms with Gasteiger partial charge in [0, 0.05) is 5.02 Å². The van der Waals surface area contributed by atoms with Crippen molar-refractivity contribution in [3.05, 3.63) is 64.2 Å². The lowest BCUT2D eigenvalue weighted by atomic mass is 9.90. The highest BCUT2D eigenvalue weighted by molar-refractivity contribution is 6.31. The van der Waals surface area contributed by atoms with Crippen LogP contribution in [0.3, 0.4) is 0 Å². The third-order valence-corrected chi connectivity index (χ3v) is 5.29. The second kappa shape index (κ2) is 9.22. The van der Waals surface area contributed by atoms with Crippen LogP contribution in [0.15, 0.2) is 42.5 Å². The Morgan fingerprint density at radius 3 is 2.36 bits per heavy atom. The molecule has 6 nitrogen and oxygen atoms in total. The molecule has 1 aliphatic rings. The van der Waals surface area contributed by atoms with E-state index in [0.29, 0.717) is 23.6 Å². The first-order valence-corrected chi connectivity index (χ1v) is 9.63. The Morgan fingerprint density at radius 2 is 1.71 bits per heavy atom. The molecular formula is C21H25ClO6. The number of aliphatic hydroxyl groups excluding tert-OH is 4. The van der Waals surface area contributed by atoms with Gasteiger partial charge in [-0.25, -0.2) is 0 Å². The van der Waals surface area contributed by atoms with Crippen molar-refractivity contribution in [2.45, 2.75) is 43.9 Å². The number of ether oxygens (including phenoxy) is 2. The lowest BCUT2D eigenvalue weighted by Gasteiger charge is -2.40. The zero-order valence-electron chi connectivity index (χ0n) is 15.5. The number of benzene rings is 2. The fraction of sp³-hybridized carbons (Fsp3) is 0.429. The molecule has 1 aliphatic heterocycles. The van der Waals surface area contributed by atoms with Gasteiger partial charge in [-0.3, -0.25) is 0 Å². The summed E-state index contributed by atoms with van der Waals surface area (Å²) in [6, 6.07) is 12.9. The summed E-state index contributed by atoms with van der Waals surface area (Å²) in [6.07, 6.45) is -5.39. The van der Waals surface area contributed by atoms with Crippen LogP contribution >= 0.6 is 11.6 Å². The minimum absolute atomic E-state index is 0.464. The van der Waals surface area contributed by atoms with Crippen LogP contribution in [0.5, 0.6) is 5.75 Å². The van der Waals surface area contributed by atoms with Crippen molar-refractivity contribution in [2.24, 2.45) is 0 Å². The van der Waals surface area contributed by atoms with Gasteiger partial charge in [0.25, 0.3) is 0 Å². The van der Waals surface area contributed by atoms with E-state index in [0.717, 1.165) is 16.9 Å². The fourth-order valence-corrected chi connectivity index (χ4v) is 3.56. The first kappa shape index (κ1) is 21.0. The molecule has 2 aromatic carbocycles. The molecule has 0 amide bonds. The maximum Gasteiger partial charge on any atom is 0.119 e. The number of hydrogen-bond donors (Lipinski definition) is 4. The zero-order chi connectivity index (χ0) is 20.3. The minimum Gasteiger partial charge on any atom is -0.494 e. The summed E-state index contributed by atoms with van der Waals surface area (Å²) in [5.41, 5.74) is 2.49. The van der Waals surface area contributed by atoms with Gasteiger partial charge < -0.3 is 29.9 Å². The van der Waals surface area contributed by atoms with Crippen LogP contribution in [0, 0.1) is 0 Å². The van der Waals surface area contributed by atoms with Crippen LogP contribution < -0.4 is 4.74 Å². The Bertz CT molecular complexity index is 779. The molecule has 0 radical (unpaired) electrons. The van der Waals surface area contributed by atoms with Gasteiger partial charge in [0.05, 0.1) is 13.2 Å². The predicted octanol–water partition coefficient (Wildman–Crippen LogP) is 1.84. The first-order valence-electron chi connectivity index (χ1n) is 9.25. The van der Waals surface area contributed by atoms with E-state index in [2.05, 4.69) is 0 Å². The Labute approximate surface area is 168 Å². The number of halogens is 1. The molecule has 1 fully saturated rings. The lowest BCUT2D eigenvalue weighted by molar-refractivity contribution is -0.231. The van der Waals surface area contributed by atoms with Crippen molar-refractivity contribution in [3.8, 4) is 5.75 Å². The smallest absolute Gasteiger partial charge is 0.119 e. The van der Waals surface area contributed by atoms with Gasteiger partial charge in [-0.1, -0.05) is 35.9 Å². The van der Waals surface area contributed by atoms with Crippen molar-refractivity contribution >= 4 is 11.6 Å². The Morgan fingerprint density at radius 1 is 1.00 bits per heavy atom. The van der Waals surface area contributed by atoms with Crippen LogP contribution in [0.25, 0.3) is 0 Å². The molecule has 0 aliphatic carbocycles. The molecule has 4 N–H and O–H groups in total. The Hall–Kier alpha value is -1.67. The second-order valence-corrected chi connectivity index (χ2v) is 7.26. The molecule has 0 bridgehead atoms. The Kier molecular flexibility index (Phi) is 6.93. The summed E-state index contributed by atoms with van der Waals surface area (Å²) in [5.74, 6) is 0.799. The summed E-state index contributed by atoms with van der Waals surface area (Å²) in [4.78, 5) is 0. The van der Waals surface area contributed by atoms with Crippen LogP contribution in [0.4, 0.5) is 0 Å². The molecule has 1 heterocycles. The van der Waals surface area contributed by atoms with E-state index in [1.54, 1.807) is 12.1 Å². The number of hydrogen-bond acceptors (Lipinski definition) is 6. The van der Waals surface area contributed by atoms with E-state index in [9.17, 15) is 20.4 Å². The molecule has 28 heavy (non-hydrogen) atoms. The largest absolute Gasteiger partial charge is 0.494 e. The summed E-state index contributed by atoms with van der Waals surface area (Å²) in [5, 5.41) is 40.3. The van der Waals surface area contributed by atoms with Crippen molar-refractivity contribution in [3.63, 3.8) is 0 Å². The SMILES string of the molecule is CCOc1ccc(Cc2cc([C@@H]3OC(CO)[C@@H](O)C(O)C3O)ccc2Cl)cc1. The van der Waals surface area contributed by atoms with Gasteiger partial charge in [0.15, 0.2) is 0 Å². The molecule has 1 saturated heterocycles. The molecule has 152 valence electrons. The first-order chi connectivity index (χ1) is 13.4. The molecule has 0 saturated carbocycles. The fourth-order valence-electron chi connectivity index (χ4n) is 3.37. The van der Waals surface area contributed by atoms with E-state index >= 15 is 0 Å². The third-order valence-electron chi connectivity index (χ3n) is 4.92. The van der Waals surface area contributed by atoms with E-state index in [4.69, 9.17) is 21.1 Å². The number of rotatable bonds is 6. The standard InChI is InChI=1S/C21H25ClO6/c1-2-27-15-6-3-12(4-7-15)9-14-10-13(5-8-16(14)22)21-20(26)19(25)18(24)17(11-23)28-21/h3-8,10,17-21,23-26H,2,9,11H2,1H3/t17?,18-,19?,20?,21+/m1/s1. The van der Waals surface area contributed by atoms with Crippen molar-refractivity contribution in [2.75, 3.05) is 13.2 Å². The van der Waals surface area contributed by atoms with Gasteiger partial charge in [-0.15, -0.1) is 0 Å². The zero-order valence-corrected chi connectivity index (χ0v) is 16.3. The monoisotopic (exact) mass is 408 g/mol. The molecule has 3 unspecified atom stereocenters. The van der Waals surface area contributed by atoms with Crippen LogP contribution in [-0.4, -0.2) is 58.1 Å². The average molecular weight is 409 g/mol. The Balaban J connectivity index is 1.82. The van der Waals surface area contributed by atoms with Gasteiger partial charge in [0.1, 0.15) is 36.3 Å². The summed E-state index contributed by atoms with van der Waals surface area (Å²) in [6.45, 7) is 2.07. The maximum absolute atomic E-state index is 10.3. The highest BCUT2D eigenvalue weighted by atomic mass is 35.5. The van der Waals surface area contributed by atoms with Gasteiger partial charge in [-0.2, -0.15) is 0 Å². The topological polar surface area (TPSA) is 99.4 Å². The van der Waals surface area contributed by atoms with Crippen molar-refractivity contribution in [1.29, 1.82) is 0 Å². The third kappa shape index (κ3) is 4.49. The quantitative estimate of drug-likeness (QED) is 0.582. The summed E-state index contributed by atoms with van der Waals surface area (Å²) < 4.78 is 11.1. The van der Waals surface area contributed by atoms with Crippen molar-refractivity contribution in [1.82, 2.24) is 0 Å². The average Bonchev–Trinajstić information content (AvgIpc) is 2.70. The van der Waals surface area contributed by atoms with E-state index < -0.39 is 37.1 Å². The molecule has 5 atom stereocenters. The predicted molar refractivity (Wildman–Crippen MR) is 105 cm³/mol. The second-order valence-electron chi connectivity index (χ2n) is 6.85. The number of aliphatic hydroxyl groups is 4. The molecule has 3 rings (SSSR count). The molecular weight excluding hydrogens is 384 g/mol. The normalized spacial score (nSPS) is 27.6. The lowest BCUT2D eigenvalue weighted by Crippen LogP contribution is -2.55. The van der Waals surface area contributed by atoms with Crippen LogP contribution in [-0.2, 0) is 11.2 Å². The van der Waals surface area contributed by atoms with Gasteiger partial charge >= 0.3 is 0 Å². The summed E-state index contributed by atoms with van der Waals surface area (Å²) >= 11 is 6.35. The van der Waals surface area contributed by atoms with Gasteiger partial charge in [-0.05, 0) is 48.2 Å².